The molecule has 0 spiro atoms. The zero-order valence-corrected chi connectivity index (χ0v) is 11.8. The van der Waals surface area contributed by atoms with Crippen LogP contribution in [0.1, 0.15) is 30.9 Å². The highest BCUT2D eigenvalue weighted by molar-refractivity contribution is 7.92. The number of sulfonamides is 1. The third kappa shape index (κ3) is 2.32. The maximum Gasteiger partial charge on any atom is 0.235 e. The highest BCUT2D eigenvalue weighted by Gasteiger charge is 2.29. The number of fused-ring (bicyclic) bond motifs is 1. The van der Waals surface area contributed by atoms with Gasteiger partial charge < -0.3 is 5.73 Å². The number of anilines is 2. The lowest BCUT2D eigenvalue weighted by molar-refractivity contribution is 0.589. The number of nitrogen functional groups attached to an aromatic ring is 1. The van der Waals surface area contributed by atoms with Crippen LogP contribution in [0.2, 0.25) is 0 Å². The van der Waals surface area contributed by atoms with Crippen LogP contribution in [0.4, 0.5) is 11.4 Å². The summed E-state index contributed by atoms with van der Waals surface area (Å²) in [7, 11) is -3.19. The molecule has 100 valence electrons. The largest absolute Gasteiger partial charge is 0.398 e. The molecule has 18 heavy (non-hydrogen) atoms. The summed E-state index contributed by atoms with van der Waals surface area (Å²) < 4.78 is 26.0. The minimum absolute atomic E-state index is 0.219. The summed E-state index contributed by atoms with van der Waals surface area (Å²) in [5, 5.41) is 0. The first-order valence-corrected chi connectivity index (χ1v) is 7.96. The maximum absolute atomic E-state index is 12.2. The SMILES string of the molecule is CCCCS(=O)(=O)N1CCc2cc(C)c(N)cc21. The second kappa shape index (κ2) is 4.80. The Morgan fingerprint density at radius 1 is 1.39 bits per heavy atom. The summed E-state index contributed by atoms with van der Waals surface area (Å²) in [5.41, 5.74) is 9.41. The molecule has 0 fully saturated rings. The molecular formula is C13H20N2O2S. The van der Waals surface area contributed by atoms with Crippen LogP contribution < -0.4 is 10.0 Å². The molecule has 1 aromatic carbocycles. The number of rotatable bonds is 4. The maximum atomic E-state index is 12.2. The zero-order valence-electron chi connectivity index (χ0n) is 10.9. The number of aryl methyl sites for hydroxylation is 1. The van der Waals surface area contributed by atoms with Crippen molar-refractivity contribution >= 4 is 21.4 Å². The van der Waals surface area contributed by atoms with Crippen molar-refractivity contribution in [2.24, 2.45) is 0 Å². The molecule has 2 N–H and O–H groups in total. The van der Waals surface area contributed by atoms with Crippen LogP contribution in [0.5, 0.6) is 0 Å². The van der Waals surface area contributed by atoms with E-state index in [2.05, 4.69) is 0 Å². The predicted molar refractivity (Wildman–Crippen MR) is 75.3 cm³/mol. The molecule has 0 atom stereocenters. The Morgan fingerprint density at radius 2 is 2.11 bits per heavy atom. The third-order valence-electron chi connectivity index (χ3n) is 3.41. The van der Waals surface area contributed by atoms with Gasteiger partial charge in [0.05, 0.1) is 11.4 Å². The average Bonchev–Trinajstić information content (AvgIpc) is 2.71. The van der Waals surface area contributed by atoms with Gasteiger partial charge in [0.15, 0.2) is 0 Å². The Bertz CT molecular complexity index is 552. The van der Waals surface area contributed by atoms with E-state index in [1.165, 1.54) is 4.31 Å². The molecule has 1 aromatic rings. The van der Waals surface area contributed by atoms with Gasteiger partial charge in [-0.3, -0.25) is 4.31 Å². The highest BCUT2D eigenvalue weighted by Crippen LogP contribution is 2.34. The van der Waals surface area contributed by atoms with Gasteiger partial charge in [0.2, 0.25) is 10.0 Å². The van der Waals surface area contributed by atoms with Gasteiger partial charge in [0, 0.05) is 12.2 Å². The third-order valence-corrected chi connectivity index (χ3v) is 5.27. The van der Waals surface area contributed by atoms with Crippen molar-refractivity contribution in [3.8, 4) is 0 Å². The van der Waals surface area contributed by atoms with Crippen LogP contribution in [0.25, 0.3) is 0 Å². The molecular weight excluding hydrogens is 248 g/mol. The van der Waals surface area contributed by atoms with Crippen LogP contribution in [-0.2, 0) is 16.4 Å². The fourth-order valence-corrected chi connectivity index (χ4v) is 3.99. The molecule has 0 bridgehead atoms. The van der Waals surface area contributed by atoms with Gasteiger partial charge in [-0.05, 0) is 37.0 Å². The van der Waals surface area contributed by atoms with Crippen molar-refractivity contribution in [1.82, 2.24) is 0 Å². The lowest BCUT2D eigenvalue weighted by Gasteiger charge is -2.20. The molecule has 0 amide bonds. The van der Waals surface area contributed by atoms with E-state index < -0.39 is 10.0 Å². The number of hydrogen-bond donors (Lipinski definition) is 1. The fraction of sp³-hybridized carbons (Fsp3) is 0.538. The van der Waals surface area contributed by atoms with E-state index >= 15 is 0 Å². The van der Waals surface area contributed by atoms with Gasteiger partial charge in [0.25, 0.3) is 0 Å². The molecule has 0 aromatic heterocycles. The van der Waals surface area contributed by atoms with Crippen LogP contribution in [0.3, 0.4) is 0 Å². The van der Waals surface area contributed by atoms with Gasteiger partial charge in [-0.1, -0.05) is 19.4 Å². The summed E-state index contributed by atoms with van der Waals surface area (Å²) in [6.45, 7) is 4.49. The molecule has 2 rings (SSSR count). The van der Waals surface area contributed by atoms with Crippen molar-refractivity contribution in [1.29, 1.82) is 0 Å². The van der Waals surface area contributed by atoms with Gasteiger partial charge in [-0.2, -0.15) is 0 Å². The Labute approximate surface area is 109 Å². The van der Waals surface area contributed by atoms with E-state index in [1.807, 2.05) is 19.9 Å². The highest BCUT2D eigenvalue weighted by atomic mass is 32.2. The smallest absolute Gasteiger partial charge is 0.235 e. The summed E-state index contributed by atoms with van der Waals surface area (Å²) >= 11 is 0. The Morgan fingerprint density at radius 3 is 2.78 bits per heavy atom. The Balaban J connectivity index is 2.34. The van der Waals surface area contributed by atoms with E-state index in [0.29, 0.717) is 18.7 Å². The van der Waals surface area contributed by atoms with Crippen LogP contribution in [0.15, 0.2) is 12.1 Å². The molecule has 1 aliphatic heterocycles. The van der Waals surface area contributed by atoms with Gasteiger partial charge in [-0.15, -0.1) is 0 Å². The number of nitrogens with two attached hydrogens (primary N) is 1. The quantitative estimate of drug-likeness (QED) is 0.850. The van der Waals surface area contributed by atoms with E-state index in [9.17, 15) is 8.42 Å². The van der Waals surface area contributed by atoms with E-state index in [4.69, 9.17) is 5.73 Å². The summed E-state index contributed by atoms with van der Waals surface area (Å²) in [6.07, 6.45) is 2.37. The van der Waals surface area contributed by atoms with Gasteiger partial charge in [-0.25, -0.2) is 8.42 Å². The van der Waals surface area contributed by atoms with E-state index in [1.54, 1.807) is 6.07 Å². The monoisotopic (exact) mass is 268 g/mol. The Hall–Kier alpha value is -1.23. The Kier molecular flexibility index (Phi) is 3.52. The van der Waals surface area contributed by atoms with Crippen molar-refractivity contribution < 1.29 is 8.42 Å². The number of unbranched alkanes of at least 4 members (excludes halogenated alkanes) is 1. The minimum Gasteiger partial charge on any atom is -0.398 e. The number of nitrogens with zero attached hydrogens (tertiary/aromatic N) is 1. The fourth-order valence-electron chi connectivity index (χ4n) is 2.27. The average molecular weight is 268 g/mol. The van der Waals surface area contributed by atoms with Gasteiger partial charge >= 0.3 is 0 Å². The first-order valence-electron chi connectivity index (χ1n) is 6.35. The molecule has 1 heterocycles. The molecule has 0 radical (unpaired) electrons. The van der Waals surface area contributed by atoms with E-state index in [0.717, 1.165) is 29.7 Å². The first kappa shape index (κ1) is 13.2. The molecule has 0 unspecified atom stereocenters. The molecule has 0 aliphatic carbocycles. The first-order chi connectivity index (χ1) is 8.45. The summed E-state index contributed by atoms with van der Waals surface area (Å²) in [5.74, 6) is 0.219. The standard InChI is InChI=1S/C13H20N2O2S/c1-3-4-7-18(16,17)15-6-5-11-8-10(2)12(14)9-13(11)15/h8-9H,3-7,14H2,1-2H3. The van der Waals surface area contributed by atoms with Crippen LogP contribution in [0, 0.1) is 6.92 Å². The second-order valence-electron chi connectivity index (χ2n) is 4.83. The van der Waals surface area contributed by atoms with Crippen LogP contribution in [-0.4, -0.2) is 20.7 Å². The predicted octanol–water partition coefficient (Wildman–Crippen LogP) is 2.07. The molecule has 0 saturated carbocycles. The molecule has 1 aliphatic rings. The minimum atomic E-state index is -3.19. The van der Waals surface area contributed by atoms with Gasteiger partial charge in [0.1, 0.15) is 0 Å². The number of benzene rings is 1. The normalized spacial score (nSPS) is 14.9. The molecule has 4 nitrogen and oxygen atoms in total. The second-order valence-corrected chi connectivity index (χ2v) is 6.84. The topological polar surface area (TPSA) is 63.4 Å². The van der Waals surface area contributed by atoms with Crippen molar-refractivity contribution in [3.63, 3.8) is 0 Å². The number of hydrogen-bond acceptors (Lipinski definition) is 3. The van der Waals surface area contributed by atoms with Crippen molar-refractivity contribution in [3.05, 3.63) is 23.3 Å². The lowest BCUT2D eigenvalue weighted by Crippen LogP contribution is -2.31. The summed E-state index contributed by atoms with van der Waals surface area (Å²) in [4.78, 5) is 0. The summed E-state index contributed by atoms with van der Waals surface area (Å²) in [6, 6.07) is 3.79. The lowest BCUT2D eigenvalue weighted by atomic mass is 10.1. The molecule has 5 heteroatoms. The van der Waals surface area contributed by atoms with Crippen molar-refractivity contribution in [2.75, 3.05) is 22.3 Å². The molecule has 0 saturated heterocycles. The van der Waals surface area contributed by atoms with E-state index in [-0.39, 0.29) is 5.75 Å². The zero-order chi connectivity index (χ0) is 13.3. The van der Waals surface area contributed by atoms with Crippen molar-refractivity contribution in [2.45, 2.75) is 33.1 Å². The van der Waals surface area contributed by atoms with Crippen LogP contribution >= 0.6 is 0 Å².